The Labute approximate surface area is 157 Å². The third kappa shape index (κ3) is 5.19. The van der Waals surface area contributed by atoms with Crippen LogP contribution < -0.4 is 14.8 Å². The molecule has 0 aliphatic rings. The molecule has 5 heteroatoms. The fourth-order valence-corrected chi connectivity index (χ4v) is 2.39. The Bertz CT molecular complexity index is 907. The molecule has 0 bridgehead atoms. The SMILES string of the molecule is C[C@@H](Oc1cccc(C=O)c1)C(=O)Nc1ccc(Oc2ccccc2)cc1. The Balaban J connectivity index is 1.57. The zero-order valence-electron chi connectivity index (χ0n) is 14.8. The molecule has 3 aromatic carbocycles. The van der Waals surface area contributed by atoms with E-state index in [0.717, 1.165) is 12.0 Å². The van der Waals surface area contributed by atoms with E-state index in [1.807, 2.05) is 30.3 Å². The van der Waals surface area contributed by atoms with Crippen molar-refractivity contribution in [2.24, 2.45) is 0 Å². The number of rotatable bonds is 7. The number of hydrogen-bond donors (Lipinski definition) is 1. The molecule has 3 rings (SSSR count). The Hall–Kier alpha value is -3.60. The molecule has 0 saturated heterocycles. The van der Waals surface area contributed by atoms with Gasteiger partial charge in [0.25, 0.3) is 5.91 Å². The minimum absolute atomic E-state index is 0.289. The molecule has 0 aliphatic carbocycles. The molecular weight excluding hydrogens is 342 g/mol. The van der Waals surface area contributed by atoms with E-state index in [1.54, 1.807) is 55.5 Å². The van der Waals surface area contributed by atoms with Gasteiger partial charge in [0.05, 0.1) is 0 Å². The third-order valence-corrected chi connectivity index (χ3v) is 3.78. The largest absolute Gasteiger partial charge is 0.481 e. The van der Waals surface area contributed by atoms with Crippen molar-refractivity contribution in [1.29, 1.82) is 0 Å². The first kappa shape index (κ1) is 18.2. The van der Waals surface area contributed by atoms with E-state index in [1.165, 1.54) is 0 Å². The van der Waals surface area contributed by atoms with E-state index >= 15 is 0 Å². The molecule has 0 saturated carbocycles. The van der Waals surface area contributed by atoms with Crippen molar-refractivity contribution in [2.75, 3.05) is 5.32 Å². The lowest BCUT2D eigenvalue weighted by Gasteiger charge is -2.15. The van der Waals surface area contributed by atoms with Gasteiger partial charge in [-0.2, -0.15) is 0 Å². The van der Waals surface area contributed by atoms with Crippen LogP contribution in [0.15, 0.2) is 78.9 Å². The quantitative estimate of drug-likeness (QED) is 0.620. The molecular formula is C22H19NO4. The lowest BCUT2D eigenvalue weighted by molar-refractivity contribution is -0.122. The highest BCUT2D eigenvalue weighted by Crippen LogP contribution is 2.23. The topological polar surface area (TPSA) is 64.6 Å². The predicted molar refractivity (Wildman–Crippen MR) is 104 cm³/mol. The summed E-state index contributed by atoms with van der Waals surface area (Å²) in [4.78, 5) is 23.1. The summed E-state index contributed by atoms with van der Waals surface area (Å²) < 4.78 is 11.3. The van der Waals surface area contributed by atoms with E-state index < -0.39 is 6.10 Å². The number of carbonyl (C=O) groups excluding carboxylic acids is 2. The van der Waals surface area contributed by atoms with Crippen LogP contribution in [0.4, 0.5) is 5.69 Å². The Morgan fingerprint density at radius 3 is 2.26 bits per heavy atom. The molecule has 0 heterocycles. The zero-order chi connectivity index (χ0) is 19.1. The van der Waals surface area contributed by atoms with Crippen LogP contribution >= 0.6 is 0 Å². The molecule has 0 fully saturated rings. The molecule has 136 valence electrons. The maximum atomic E-state index is 12.3. The third-order valence-electron chi connectivity index (χ3n) is 3.78. The number of hydrogen-bond acceptors (Lipinski definition) is 4. The molecule has 27 heavy (non-hydrogen) atoms. The molecule has 3 aromatic rings. The zero-order valence-corrected chi connectivity index (χ0v) is 14.8. The van der Waals surface area contributed by atoms with E-state index in [-0.39, 0.29) is 5.91 Å². The maximum Gasteiger partial charge on any atom is 0.265 e. The smallest absolute Gasteiger partial charge is 0.265 e. The summed E-state index contributed by atoms with van der Waals surface area (Å²) in [6.45, 7) is 1.65. The molecule has 1 atom stereocenters. The van der Waals surface area contributed by atoms with Crippen molar-refractivity contribution in [3.63, 3.8) is 0 Å². The fourth-order valence-electron chi connectivity index (χ4n) is 2.39. The summed E-state index contributed by atoms with van der Waals surface area (Å²) in [5, 5.41) is 2.79. The van der Waals surface area contributed by atoms with Gasteiger partial charge in [-0.3, -0.25) is 9.59 Å². The summed E-state index contributed by atoms with van der Waals surface area (Å²) in [5.74, 6) is 1.60. The van der Waals surface area contributed by atoms with Gasteiger partial charge in [-0.05, 0) is 55.5 Å². The van der Waals surface area contributed by atoms with E-state index in [0.29, 0.717) is 22.7 Å². The van der Waals surface area contributed by atoms with Crippen LogP contribution in [0.3, 0.4) is 0 Å². The summed E-state index contributed by atoms with van der Waals surface area (Å²) in [5.41, 5.74) is 1.13. The fraction of sp³-hybridized carbons (Fsp3) is 0.0909. The summed E-state index contributed by atoms with van der Waals surface area (Å²) in [6, 6.07) is 23.2. The van der Waals surface area contributed by atoms with Gasteiger partial charge in [0.1, 0.15) is 23.5 Å². The van der Waals surface area contributed by atoms with Crippen LogP contribution in [0, 0.1) is 0 Å². The van der Waals surface area contributed by atoms with Gasteiger partial charge in [-0.15, -0.1) is 0 Å². The van der Waals surface area contributed by atoms with Crippen LogP contribution in [-0.2, 0) is 4.79 Å². The van der Waals surface area contributed by atoms with Crippen LogP contribution in [0.5, 0.6) is 17.2 Å². The molecule has 0 spiro atoms. The average molecular weight is 361 g/mol. The van der Waals surface area contributed by atoms with Gasteiger partial charge in [0, 0.05) is 11.3 Å². The lowest BCUT2D eigenvalue weighted by atomic mass is 10.2. The highest BCUT2D eigenvalue weighted by molar-refractivity contribution is 5.94. The van der Waals surface area contributed by atoms with Crippen molar-refractivity contribution in [2.45, 2.75) is 13.0 Å². The molecule has 1 amide bonds. The number of amides is 1. The number of para-hydroxylation sites is 1. The van der Waals surface area contributed by atoms with Crippen LogP contribution in [0.25, 0.3) is 0 Å². The second kappa shape index (κ2) is 8.67. The van der Waals surface area contributed by atoms with Crippen molar-refractivity contribution in [3.05, 3.63) is 84.4 Å². The van der Waals surface area contributed by atoms with Gasteiger partial charge < -0.3 is 14.8 Å². The number of aldehydes is 1. The van der Waals surface area contributed by atoms with Gasteiger partial charge >= 0.3 is 0 Å². The number of ether oxygens (including phenoxy) is 2. The number of anilines is 1. The number of carbonyl (C=O) groups is 2. The normalized spacial score (nSPS) is 11.3. The second-order valence-electron chi connectivity index (χ2n) is 5.88. The van der Waals surface area contributed by atoms with Crippen LogP contribution in [0.2, 0.25) is 0 Å². The average Bonchev–Trinajstić information content (AvgIpc) is 2.70. The molecule has 0 radical (unpaired) electrons. The monoisotopic (exact) mass is 361 g/mol. The Morgan fingerprint density at radius 2 is 1.56 bits per heavy atom. The Morgan fingerprint density at radius 1 is 0.889 bits per heavy atom. The van der Waals surface area contributed by atoms with Crippen molar-refractivity contribution in [3.8, 4) is 17.2 Å². The first-order chi connectivity index (χ1) is 13.1. The molecule has 0 aromatic heterocycles. The minimum atomic E-state index is -0.716. The standard InChI is InChI=1S/C22H19NO4/c1-16(26-21-9-5-6-17(14-21)15-24)22(25)23-18-10-12-20(13-11-18)27-19-7-3-2-4-8-19/h2-16H,1H3,(H,23,25)/t16-/m1/s1. The number of benzene rings is 3. The van der Waals surface area contributed by atoms with Gasteiger partial charge in [0.2, 0.25) is 0 Å². The summed E-state index contributed by atoms with van der Waals surface area (Å²) in [6.07, 6.45) is 0.0172. The van der Waals surface area contributed by atoms with E-state index in [2.05, 4.69) is 5.32 Å². The predicted octanol–water partition coefficient (Wildman–Crippen LogP) is 4.70. The van der Waals surface area contributed by atoms with E-state index in [4.69, 9.17) is 9.47 Å². The van der Waals surface area contributed by atoms with Crippen molar-refractivity contribution in [1.82, 2.24) is 0 Å². The Kier molecular flexibility index (Phi) is 5.84. The highest BCUT2D eigenvalue weighted by Gasteiger charge is 2.15. The first-order valence-corrected chi connectivity index (χ1v) is 8.50. The van der Waals surface area contributed by atoms with Crippen molar-refractivity contribution < 1.29 is 19.1 Å². The molecule has 0 unspecified atom stereocenters. The van der Waals surface area contributed by atoms with Gasteiger partial charge in [-0.25, -0.2) is 0 Å². The summed E-state index contributed by atoms with van der Waals surface area (Å²) >= 11 is 0. The second-order valence-corrected chi connectivity index (χ2v) is 5.88. The van der Waals surface area contributed by atoms with Crippen molar-refractivity contribution >= 4 is 17.9 Å². The molecule has 1 N–H and O–H groups in total. The lowest BCUT2D eigenvalue weighted by Crippen LogP contribution is -2.30. The van der Waals surface area contributed by atoms with Crippen LogP contribution in [0.1, 0.15) is 17.3 Å². The van der Waals surface area contributed by atoms with Gasteiger partial charge in [0.15, 0.2) is 6.10 Å². The first-order valence-electron chi connectivity index (χ1n) is 8.50. The van der Waals surface area contributed by atoms with Gasteiger partial charge in [-0.1, -0.05) is 30.3 Å². The molecule has 5 nitrogen and oxygen atoms in total. The molecule has 0 aliphatic heterocycles. The van der Waals surface area contributed by atoms with Crippen LogP contribution in [-0.4, -0.2) is 18.3 Å². The maximum absolute atomic E-state index is 12.3. The minimum Gasteiger partial charge on any atom is -0.481 e. The van der Waals surface area contributed by atoms with E-state index in [9.17, 15) is 9.59 Å². The number of nitrogens with one attached hydrogen (secondary N) is 1. The highest BCUT2D eigenvalue weighted by atomic mass is 16.5. The summed E-state index contributed by atoms with van der Waals surface area (Å²) in [7, 11) is 0.